The molecule has 0 aromatic heterocycles. The molecule has 0 radical (unpaired) electrons. The van der Waals surface area contributed by atoms with Crippen LogP contribution in [0.2, 0.25) is 0 Å². The normalized spacial score (nSPS) is 10.0. The van der Waals surface area contributed by atoms with Gasteiger partial charge in [0.25, 0.3) is 0 Å². The number of ether oxygens (including phenoxy) is 1. The molecule has 0 aliphatic carbocycles. The van der Waals surface area contributed by atoms with Crippen LogP contribution in [0.1, 0.15) is 21.5 Å². The Bertz CT molecular complexity index is 359. The van der Waals surface area contributed by atoms with Crippen molar-refractivity contribution in [1.82, 2.24) is 0 Å². The van der Waals surface area contributed by atoms with Gasteiger partial charge in [-0.3, -0.25) is 4.79 Å². The van der Waals surface area contributed by atoms with Crippen molar-refractivity contribution in [2.45, 2.75) is 13.8 Å². The Hall–Kier alpha value is -1.35. The molecule has 3 nitrogen and oxygen atoms in total. The molecule has 1 aromatic carbocycles. The molecule has 0 heterocycles. The lowest BCUT2D eigenvalue weighted by molar-refractivity contribution is 0.100. The number of methoxy groups -OCH3 is 1. The summed E-state index contributed by atoms with van der Waals surface area (Å²) in [5.74, 6) is 0.674. The molecule has 0 saturated carbocycles. The summed E-state index contributed by atoms with van der Waals surface area (Å²) < 4.78 is 5.17. The van der Waals surface area contributed by atoms with E-state index in [9.17, 15) is 4.79 Å². The van der Waals surface area contributed by atoms with Gasteiger partial charge < -0.3 is 10.5 Å². The van der Waals surface area contributed by atoms with Gasteiger partial charge in [0, 0.05) is 5.56 Å². The van der Waals surface area contributed by atoms with Crippen LogP contribution in [0.3, 0.4) is 0 Å². The zero-order chi connectivity index (χ0) is 10.7. The summed E-state index contributed by atoms with van der Waals surface area (Å²) in [4.78, 5) is 11.4. The number of ketones is 1. The lowest BCUT2D eigenvalue weighted by Crippen LogP contribution is -2.14. The van der Waals surface area contributed by atoms with E-state index >= 15 is 0 Å². The van der Waals surface area contributed by atoms with Crippen molar-refractivity contribution in [3.8, 4) is 5.75 Å². The second-order valence-electron chi connectivity index (χ2n) is 3.25. The number of aryl methyl sites for hydroxylation is 1. The van der Waals surface area contributed by atoms with Crippen molar-refractivity contribution in [2.75, 3.05) is 13.7 Å². The van der Waals surface area contributed by atoms with Crippen molar-refractivity contribution in [3.63, 3.8) is 0 Å². The Morgan fingerprint density at radius 3 is 2.57 bits per heavy atom. The van der Waals surface area contributed by atoms with Crippen molar-refractivity contribution < 1.29 is 9.53 Å². The highest BCUT2D eigenvalue weighted by molar-refractivity contribution is 5.98. The molecule has 2 N–H and O–H groups in total. The smallest absolute Gasteiger partial charge is 0.176 e. The van der Waals surface area contributed by atoms with Crippen LogP contribution in [0, 0.1) is 13.8 Å². The average Bonchev–Trinajstić information content (AvgIpc) is 2.20. The molecule has 76 valence electrons. The maximum absolute atomic E-state index is 11.4. The van der Waals surface area contributed by atoms with Gasteiger partial charge in [-0.1, -0.05) is 0 Å². The number of rotatable bonds is 3. The summed E-state index contributed by atoms with van der Waals surface area (Å²) in [5, 5.41) is 0. The standard InChI is InChI=1S/C11H15NO2/c1-7-4-9(10(13)6-12)5-11(14-3)8(7)2/h4-5H,6,12H2,1-3H3. The minimum Gasteiger partial charge on any atom is -0.496 e. The summed E-state index contributed by atoms with van der Waals surface area (Å²) >= 11 is 0. The molecule has 3 heteroatoms. The summed E-state index contributed by atoms with van der Waals surface area (Å²) in [6.07, 6.45) is 0. The highest BCUT2D eigenvalue weighted by Gasteiger charge is 2.09. The quantitative estimate of drug-likeness (QED) is 0.739. The van der Waals surface area contributed by atoms with Gasteiger partial charge in [0.15, 0.2) is 5.78 Å². The SMILES string of the molecule is COc1cc(C(=O)CN)cc(C)c1C. The van der Waals surface area contributed by atoms with Crippen molar-refractivity contribution in [2.24, 2.45) is 5.73 Å². The molecule has 0 atom stereocenters. The van der Waals surface area contributed by atoms with Crippen LogP contribution < -0.4 is 10.5 Å². The van der Waals surface area contributed by atoms with Gasteiger partial charge >= 0.3 is 0 Å². The highest BCUT2D eigenvalue weighted by Crippen LogP contribution is 2.23. The number of hydrogen-bond acceptors (Lipinski definition) is 3. The number of carbonyl (C=O) groups excluding carboxylic acids is 1. The van der Waals surface area contributed by atoms with Crippen LogP contribution in [0.5, 0.6) is 5.75 Å². The van der Waals surface area contributed by atoms with E-state index in [1.54, 1.807) is 13.2 Å². The number of carbonyl (C=O) groups is 1. The monoisotopic (exact) mass is 193 g/mol. The van der Waals surface area contributed by atoms with E-state index in [0.29, 0.717) is 5.56 Å². The van der Waals surface area contributed by atoms with E-state index in [4.69, 9.17) is 10.5 Å². The van der Waals surface area contributed by atoms with Crippen LogP contribution in [0.25, 0.3) is 0 Å². The molecule has 0 spiro atoms. The van der Waals surface area contributed by atoms with Gasteiger partial charge in [0.1, 0.15) is 5.75 Å². The van der Waals surface area contributed by atoms with Gasteiger partial charge in [0.05, 0.1) is 13.7 Å². The van der Waals surface area contributed by atoms with E-state index in [-0.39, 0.29) is 12.3 Å². The predicted molar refractivity (Wildman–Crippen MR) is 55.9 cm³/mol. The third-order valence-corrected chi connectivity index (χ3v) is 2.35. The molecule has 1 aromatic rings. The second-order valence-corrected chi connectivity index (χ2v) is 3.25. The van der Waals surface area contributed by atoms with Crippen molar-refractivity contribution in [1.29, 1.82) is 0 Å². The minimum absolute atomic E-state index is 0.0334. The summed E-state index contributed by atoms with van der Waals surface area (Å²) in [6, 6.07) is 3.57. The highest BCUT2D eigenvalue weighted by atomic mass is 16.5. The lowest BCUT2D eigenvalue weighted by Gasteiger charge is -2.09. The zero-order valence-electron chi connectivity index (χ0n) is 8.76. The maximum atomic E-state index is 11.4. The van der Waals surface area contributed by atoms with Crippen LogP contribution in [0.15, 0.2) is 12.1 Å². The average molecular weight is 193 g/mol. The molecule has 0 bridgehead atoms. The van der Waals surface area contributed by atoms with Crippen LogP contribution in [-0.2, 0) is 0 Å². The fraction of sp³-hybridized carbons (Fsp3) is 0.364. The fourth-order valence-corrected chi connectivity index (χ4v) is 1.32. The second kappa shape index (κ2) is 4.24. The molecular formula is C11H15NO2. The first-order valence-corrected chi connectivity index (χ1v) is 4.48. The molecule has 0 amide bonds. The predicted octanol–water partition coefficient (Wildman–Crippen LogP) is 1.45. The Labute approximate surface area is 83.9 Å². The summed E-state index contributed by atoms with van der Waals surface area (Å²) in [6.45, 7) is 3.95. The summed E-state index contributed by atoms with van der Waals surface area (Å²) in [7, 11) is 1.60. The molecule has 0 unspecified atom stereocenters. The first-order chi connectivity index (χ1) is 6.60. The van der Waals surface area contributed by atoms with Gasteiger partial charge in [-0.05, 0) is 37.1 Å². The molecule has 0 aliphatic rings. The lowest BCUT2D eigenvalue weighted by atomic mass is 10.0. The first-order valence-electron chi connectivity index (χ1n) is 4.48. The molecular weight excluding hydrogens is 178 g/mol. The fourth-order valence-electron chi connectivity index (χ4n) is 1.32. The van der Waals surface area contributed by atoms with Crippen LogP contribution >= 0.6 is 0 Å². The van der Waals surface area contributed by atoms with Gasteiger partial charge in [-0.15, -0.1) is 0 Å². The minimum atomic E-state index is -0.0635. The van der Waals surface area contributed by atoms with Gasteiger partial charge in [0.2, 0.25) is 0 Å². The van der Waals surface area contributed by atoms with E-state index in [2.05, 4.69) is 0 Å². The Balaban J connectivity index is 3.22. The number of hydrogen-bond donors (Lipinski definition) is 1. The van der Waals surface area contributed by atoms with Crippen molar-refractivity contribution in [3.05, 3.63) is 28.8 Å². The molecule has 1 rings (SSSR count). The Morgan fingerprint density at radius 1 is 1.43 bits per heavy atom. The Morgan fingerprint density at radius 2 is 2.07 bits per heavy atom. The summed E-state index contributed by atoms with van der Waals surface area (Å²) in [5.41, 5.74) is 8.01. The Kier molecular flexibility index (Phi) is 3.25. The largest absolute Gasteiger partial charge is 0.496 e. The van der Waals surface area contributed by atoms with Crippen LogP contribution in [0.4, 0.5) is 0 Å². The topological polar surface area (TPSA) is 52.3 Å². The van der Waals surface area contributed by atoms with E-state index in [1.807, 2.05) is 19.9 Å². The number of nitrogens with two attached hydrogens (primary N) is 1. The number of Topliss-reactive ketones (excluding diaryl/α,β-unsaturated/α-hetero) is 1. The zero-order valence-corrected chi connectivity index (χ0v) is 8.76. The van der Waals surface area contributed by atoms with E-state index in [0.717, 1.165) is 16.9 Å². The number of benzene rings is 1. The first kappa shape index (κ1) is 10.7. The molecule has 0 aliphatic heterocycles. The third kappa shape index (κ3) is 1.93. The maximum Gasteiger partial charge on any atom is 0.176 e. The van der Waals surface area contributed by atoms with Gasteiger partial charge in [-0.2, -0.15) is 0 Å². The van der Waals surface area contributed by atoms with Crippen LogP contribution in [-0.4, -0.2) is 19.4 Å². The molecule has 0 fully saturated rings. The molecule has 14 heavy (non-hydrogen) atoms. The third-order valence-electron chi connectivity index (χ3n) is 2.35. The van der Waals surface area contributed by atoms with Crippen molar-refractivity contribution >= 4 is 5.78 Å². The van der Waals surface area contributed by atoms with E-state index in [1.165, 1.54) is 0 Å². The molecule has 0 saturated heterocycles. The van der Waals surface area contributed by atoms with E-state index < -0.39 is 0 Å². The van der Waals surface area contributed by atoms with Gasteiger partial charge in [-0.25, -0.2) is 0 Å².